The largest absolute Gasteiger partial charge is 0.496 e. The van der Waals surface area contributed by atoms with Gasteiger partial charge in [0.1, 0.15) is 5.75 Å². The monoisotopic (exact) mass is 267 g/mol. The number of nitrogens with one attached hydrogen (secondary N) is 1. The zero-order valence-electron chi connectivity index (χ0n) is 11.5. The van der Waals surface area contributed by atoms with Crippen LogP contribution in [0.5, 0.6) is 5.75 Å². The lowest BCUT2D eigenvalue weighted by Crippen LogP contribution is -2.17. The summed E-state index contributed by atoms with van der Waals surface area (Å²) in [6.45, 7) is 1.53. The molecular formula is C16H17N3O. The molecule has 0 spiro atoms. The van der Waals surface area contributed by atoms with Crippen molar-refractivity contribution in [2.24, 2.45) is 0 Å². The van der Waals surface area contributed by atoms with Crippen LogP contribution in [0, 0.1) is 11.3 Å². The van der Waals surface area contributed by atoms with Gasteiger partial charge in [0, 0.05) is 24.5 Å². The van der Waals surface area contributed by atoms with Gasteiger partial charge in [-0.05, 0) is 42.8 Å². The Kier molecular flexibility index (Phi) is 5.10. The zero-order chi connectivity index (χ0) is 14.2. The molecule has 0 unspecified atom stereocenters. The first-order valence-corrected chi connectivity index (χ1v) is 6.50. The van der Waals surface area contributed by atoms with E-state index in [9.17, 15) is 0 Å². The number of methoxy groups -OCH3 is 1. The van der Waals surface area contributed by atoms with Crippen LogP contribution >= 0.6 is 0 Å². The first-order valence-electron chi connectivity index (χ1n) is 6.50. The molecule has 2 rings (SSSR count). The van der Waals surface area contributed by atoms with Crippen molar-refractivity contribution in [2.45, 2.75) is 13.0 Å². The quantitative estimate of drug-likeness (QED) is 0.816. The van der Waals surface area contributed by atoms with Crippen molar-refractivity contribution in [3.63, 3.8) is 0 Å². The number of rotatable bonds is 6. The van der Waals surface area contributed by atoms with Crippen LogP contribution in [-0.4, -0.2) is 18.6 Å². The first kappa shape index (κ1) is 14.0. The molecule has 4 nitrogen and oxygen atoms in total. The summed E-state index contributed by atoms with van der Waals surface area (Å²) in [6.07, 6.45) is 4.57. The highest BCUT2D eigenvalue weighted by Gasteiger charge is 2.04. The molecule has 4 heteroatoms. The summed E-state index contributed by atoms with van der Waals surface area (Å²) in [5, 5.41) is 12.3. The van der Waals surface area contributed by atoms with E-state index in [0.29, 0.717) is 12.1 Å². The minimum atomic E-state index is 0.648. The highest BCUT2D eigenvalue weighted by atomic mass is 16.5. The standard InChI is InChI=1S/C16H17N3O/c1-20-16-5-4-14(10-17)9-15(16)12-19-8-6-13-3-2-7-18-11-13/h2-5,7,9,11,19H,6,8,12H2,1H3. The molecule has 0 aliphatic rings. The van der Waals surface area contributed by atoms with Crippen LogP contribution in [0.25, 0.3) is 0 Å². The van der Waals surface area contributed by atoms with E-state index in [-0.39, 0.29) is 0 Å². The lowest BCUT2D eigenvalue weighted by atomic mass is 10.1. The zero-order valence-corrected chi connectivity index (χ0v) is 11.5. The van der Waals surface area contributed by atoms with E-state index in [1.165, 1.54) is 5.56 Å². The number of hydrogen-bond donors (Lipinski definition) is 1. The van der Waals surface area contributed by atoms with Crippen molar-refractivity contribution < 1.29 is 4.74 Å². The fourth-order valence-corrected chi connectivity index (χ4v) is 1.99. The Balaban J connectivity index is 1.89. The van der Waals surface area contributed by atoms with Crippen LogP contribution in [0.1, 0.15) is 16.7 Å². The van der Waals surface area contributed by atoms with Gasteiger partial charge in [0.15, 0.2) is 0 Å². The molecule has 0 aliphatic carbocycles. The van der Waals surface area contributed by atoms with Crippen LogP contribution in [-0.2, 0) is 13.0 Å². The maximum atomic E-state index is 8.93. The van der Waals surface area contributed by atoms with Gasteiger partial charge in [-0.3, -0.25) is 4.98 Å². The van der Waals surface area contributed by atoms with Crippen LogP contribution in [0.3, 0.4) is 0 Å². The molecule has 0 fully saturated rings. The third-order valence-electron chi connectivity index (χ3n) is 3.04. The van der Waals surface area contributed by atoms with Crippen molar-refractivity contribution >= 4 is 0 Å². The predicted molar refractivity (Wildman–Crippen MR) is 77.4 cm³/mol. The van der Waals surface area contributed by atoms with Crippen LogP contribution in [0.4, 0.5) is 0 Å². The lowest BCUT2D eigenvalue weighted by Gasteiger charge is -2.10. The van der Waals surface area contributed by atoms with E-state index in [1.54, 1.807) is 19.4 Å². The topological polar surface area (TPSA) is 57.9 Å². The number of hydrogen-bond acceptors (Lipinski definition) is 4. The van der Waals surface area contributed by atoms with E-state index in [1.807, 2.05) is 24.4 Å². The molecule has 0 saturated heterocycles. The van der Waals surface area contributed by atoms with E-state index in [4.69, 9.17) is 10.00 Å². The molecule has 0 bridgehead atoms. The number of pyridine rings is 1. The van der Waals surface area contributed by atoms with Crippen molar-refractivity contribution in [3.8, 4) is 11.8 Å². The van der Waals surface area contributed by atoms with Gasteiger partial charge in [-0.1, -0.05) is 6.07 Å². The molecule has 0 aliphatic heterocycles. The number of benzene rings is 1. The Hall–Kier alpha value is -2.38. The fourth-order valence-electron chi connectivity index (χ4n) is 1.99. The highest BCUT2D eigenvalue weighted by molar-refractivity contribution is 5.41. The second-order valence-electron chi connectivity index (χ2n) is 4.43. The Morgan fingerprint density at radius 3 is 2.95 bits per heavy atom. The maximum Gasteiger partial charge on any atom is 0.123 e. The van der Waals surface area contributed by atoms with Gasteiger partial charge in [-0.15, -0.1) is 0 Å². The van der Waals surface area contributed by atoms with Gasteiger partial charge in [0.25, 0.3) is 0 Å². The van der Waals surface area contributed by atoms with E-state index >= 15 is 0 Å². The molecular weight excluding hydrogens is 250 g/mol. The normalized spacial score (nSPS) is 10.0. The van der Waals surface area contributed by atoms with E-state index < -0.39 is 0 Å². The fraction of sp³-hybridized carbons (Fsp3) is 0.250. The number of nitrogens with zero attached hydrogens (tertiary/aromatic N) is 2. The summed E-state index contributed by atoms with van der Waals surface area (Å²) in [5.74, 6) is 0.804. The highest BCUT2D eigenvalue weighted by Crippen LogP contribution is 2.19. The second-order valence-corrected chi connectivity index (χ2v) is 4.43. The third kappa shape index (κ3) is 3.81. The molecule has 0 amide bonds. The average molecular weight is 267 g/mol. The summed E-state index contributed by atoms with van der Waals surface area (Å²) < 4.78 is 5.30. The van der Waals surface area contributed by atoms with Gasteiger partial charge in [-0.25, -0.2) is 0 Å². The summed E-state index contributed by atoms with van der Waals surface area (Å²) in [5.41, 5.74) is 2.85. The molecule has 0 radical (unpaired) electrons. The number of nitriles is 1. The third-order valence-corrected chi connectivity index (χ3v) is 3.04. The molecule has 2 aromatic rings. The summed E-state index contributed by atoms with van der Waals surface area (Å²) in [7, 11) is 1.64. The second kappa shape index (κ2) is 7.27. The Morgan fingerprint density at radius 1 is 1.35 bits per heavy atom. The van der Waals surface area contributed by atoms with E-state index in [2.05, 4.69) is 22.4 Å². The van der Waals surface area contributed by atoms with Gasteiger partial charge in [0.05, 0.1) is 18.7 Å². The molecule has 0 atom stereocenters. The van der Waals surface area contributed by atoms with Crippen molar-refractivity contribution in [1.82, 2.24) is 10.3 Å². The van der Waals surface area contributed by atoms with Gasteiger partial charge in [-0.2, -0.15) is 5.26 Å². The average Bonchev–Trinajstić information content (AvgIpc) is 2.52. The first-order chi connectivity index (χ1) is 9.83. The SMILES string of the molecule is COc1ccc(C#N)cc1CNCCc1cccnc1. The molecule has 20 heavy (non-hydrogen) atoms. The molecule has 1 aromatic heterocycles. The number of ether oxygens (including phenoxy) is 1. The Bertz CT molecular complexity index is 590. The van der Waals surface area contributed by atoms with Gasteiger partial charge in [0.2, 0.25) is 0 Å². The van der Waals surface area contributed by atoms with Gasteiger partial charge >= 0.3 is 0 Å². The number of aromatic nitrogens is 1. The minimum Gasteiger partial charge on any atom is -0.496 e. The summed E-state index contributed by atoms with van der Waals surface area (Å²) in [6, 6.07) is 11.6. The van der Waals surface area contributed by atoms with Crippen molar-refractivity contribution in [3.05, 3.63) is 59.4 Å². The van der Waals surface area contributed by atoms with Gasteiger partial charge < -0.3 is 10.1 Å². The minimum absolute atomic E-state index is 0.648. The molecule has 1 N–H and O–H groups in total. The van der Waals surface area contributed by atoms with Crippen molar-refractivity contribution in [2.75, 3.05) is 13.7 Å². The molecule has 1 heterocycles. The Morgan fingerprint density at radius 2 is 2.25 bits per heavy atom. The summed E-state index contributed by atoms with van der Waals surface area (Å²) in [4.78, 5) is 4.09. The summed E-state index contributed by atoms with van der Waals surface area (Å²) >= 11 is 0. The predicted octanol–water partition coefficient (Wildman–Crippen LogP) is 2.29. The Labute approximate surface area is 119 Å². The smallest absolute Gasteiger partial charge is 0.123 e. The van der Waals surface area contributed by atoms with E-state index in [0.717, 1.165) is 24.3 Å². The van der Waals surface area contributed by atoms with Crippen LogP contribution in [0.2, 0.25) is 0 Å². The molecule has 102 valence electrons. The van der Waals surface area contributed by atoms with Crippen molar-refractivity contribution in [1.29, 1.82) is 5.26 Å². The van der Waals surface area contributed by atoms with Crippen LogP contribution in [0.15, 0.2) is 42.7 Å². The molecule has 1 aromatic carbocycles. The van der Waals surface area contributed by atoms with Crippen LogP contribution < -0.4 is 10.1 Å². The lowest BCUT2D eigenvalue weighted by molar-refractivity contribution is 0.407. The molecule has 0 saturated carbocycles. The maximum absolute atomic E-state index is 8.93.